The summed E-state index contributed by atoms with van der Waals surface area (Å²) in [6.45, 7) is 0.00923. The zero-order valence-corrected chi connectivity index (χ0v) is 9.85. The summed E-state index contributed by atoms with van der Waals surface area (Å²) in [4.78, 5) is 14.5. The van der Waals surface area contributed by atoms with Crippen molar-refractivity contribution >= 4 is 23.4 Å². The molecule has 0 unspecified atom stereocenters. The van der Waals surface area contributed by atoms with E-state index in [0.717, 1.165) is 0 Å². The summed E-state index contributed by atoms with van der Waals surface area (Å²) in [5.41, 5.74) is -0.148. The Morgan fingerprint density at radius 3 is 2.72 bits per heavy atom. The largest absolute Gasteiger partial charge is 0.478 e. The fourth-order valence-electron chi connectivity index (χ4n) is 1.23. The molecule has 8 heteroatoms. The summed E-state index contributed by atoms with van der Waals surface area (Å²) in [5, 5.41) is 11.2. The third-order valence-electron chi connectivity index (χ3n) is 2.05. The van der Waals surface area contributed by atoms with E-state index in [1.807, 2.05) is 0 Å². The van der Waals surface area contributed by atoms with Gasteiger partial charge >= 0.3 is 12.1 Å². The number of carbonyl (C=O) groups is 1. The normalized spacial score (nSPS) is 11.3. The van der Waals surface area contributed by atoms with Crippen LogP contribution in [-0.2, 0) is 0 Å². The summed E-state index contributed by atoms with van der Waals surface area (Å²) in [5.74, 6) is -1.15. The third kappa shape index (κ3) is 4.40. The molecular weight excluding hydrogens is 273 g/mol. The molecule has 0 spiro atoms. The summed E-state index contributed by atoms with van der Waals surface area (Å²) < 4.78 is 35.7. The second kappa shape index (κ2) is 5.90. The molecule has 1 aromatic rings. The fourth-order valence-corrected chi connectivity index (χ4v) is 1.49. The van der Waals surface area contributed by atoms with Crippen molar-refractivity contribution in [3.05, 3.63) is 22.8 Å². The average Bonchev–Trinajstić information content (AvgIpc) is 2.24. The van der Waals surface area contributed by atoms with Crippen LogP contribution in [0.15, 0.2) is 12.3 Å². The lowest BCUT2D eigenvalue weighted by Crippen LogP contribution is -2.12. The van der Waals surface area contributed by atoms with Crippen LogP contribution in [-0.4, -0.2) is 28.8 Å². The number of aromatic carboxylic acids is 1. The topological polar surface area (TPSA) is 62.2 Å². The zero-order valence-electron chi connectivity index (χ0n) is 9.09. The molecule has 0 saturated carbocycles. The van der Waals surface area contributed by atoms with Gasteiger partial charge in [-0.05, 0) is 12.5 Å². The van der Waals surface area contributed by atoms with Gasteiger partial charge in [-0.15, -0.1) is 0 Å². The van der Waals surface area contributed by atoms with Gasteiger partial charge < -0.3 is 10.4 Å². The number of halogens is 4. The molecule has 100 valence electrons. The predicted octanol–water partition coefficient (Wildman–Crippen LogP) is 3.19. The predicted molar refractivity (Wildman–Crippen MR) is 60.0 cm³/mol. The van der Waals surface area contributed by atoms with Gasteiger partial charge in [0, 0.05) is 19.2 Å². The van der Waals surface area contributed by atoms with Crippen molar-refractivity contribution in [2.45, 2.75) is 19.0 Å². The van der Waals surface area contributed by atoms with Gasteiger partial charge in [0.2, 0.25) is 0 Å². The molecule has 0 aliphatic heterocycles. The van der Waals surface area contributed by atoms with E-state index in [2.05, 4.69) is 10.3 Å². The molecular formula is C10H10ClF3N2O2. The Kier molecular flexibility index (Phi) is 4.77. The smallest absolute Gasteiger partial charge is 0.389 e. The van der Waals surface area contributed by atoms with Crippen LogP contribution < -0.4 is 5.32 Å². The highest BCUT2D eigenvalue weighted by atomic mass is 35.5. The number of carboxylic acid groups (broad SMARTS) is 1. The molecule has 0 aromatic carbocycles. The Balaban J connectivity index is 2.58. The third-order valence-corrected chi connectivity index (χ3v) is 2.43. The summed E-state index contributed by atoms with van der Waals surface area (Å²) >= 11 is 5.74. The Bertz CT molecular complexity index is 438. The molecule has 4 nitrogen and oxygen atoms in total. The molecule has 0 bridgehead atoms. The highest BCUT2D eigenvalue weighted by Gasteiger charge is 2.26. The van der Waals surface area contributed by atoms with Crippen LogP contribution in [0.3, 0.4) is 0 Å². The average molecular weight is 283 g/mol. The lowest BCUT2D eigenvalue weighted by Gasteiger charge is -2.09. The number of alkyl halides is 3. The maximum atomic E-state index is 11.9. The van der Waals surface area contributed by atoms with Crippen LogP contribution in [0.1, 0.15) is 23.2 Å². The van der Waals surface area contributed by atoms with E-state index in [0.29, 0.717) is 0 Å². The Morgan fingerprint density at radius 2 is 2.17 bits per heavy atom. The van der Waals surface area contributed by atoms with Gasteiger partial charge in [-0.25, -0.2) is 9.78 Å². The van der Waals surface area contributed by atoms with Crippen LogP contribution in [0.4, 0.5) is 19.0 Å². The van der Waals surface area contributed by atoms with E-state index in [4.69, 9.17) is 16.7 Å². The van der Waals surface area contributed by atoms with Crippen molar-refractivity contribution in [3.63, 3.8) is 0 Å². The lowest BCUT2D eigenvalue weighted by atomic mass is 10.2. The van der Waals surface area contributed by atoms with Gasteiger partial charge in [0.05, 0.1) is 10.6 Å². The van der Waals surface area contributed by atoms with Gasteiger partial charge in [0.1, 0.15) is 5.82 Å². The molecule has 1 aromatic heterocycles. The minimum atomic E-state index is -4.21. The molecule has 0 radical (unpaired) electrons. The maximum Gasteiger partial charge on any atom is 0.389 e. The highest BCUT2D eigenvalue weighted by molar-refractivity contribution is 6.35. The van der Waals surface area contributed by atoms with Crippen LogP contribution >= 0.6 is 11.6 Å². The van der Waals surface area contributed by atoms with Gasteiger partial charge in [0.15, 0.2) is 0 Å². The number of carboxylic acids is 1. The molecule has 18 heavy (non-hydrogen) atoms. The number of anilines is 1. The highest BCUT2D eigenvalue weighted by Crippen LogP contribution is 2.24. The van der Waals surface area contributed by atoms with Gasteiger partial charge in [-0.2, -0.15) is 13.2 Å². The van der Waals surface area contributed by atoms with Crippen molar-refractivity contribution < 1.29 is 23.1 Å². The minimum Gasteiger partial charge on any atom is -0.478 e. The maximum absolute atomic E-state index is 11.9. The molecule has 0 atom stereocenters. The Morgan fingerprint density at radius 1 is 1.50 bits per heavy atom. The summed E-state index contributed by atoms with van der Waals surface area (Å²) in [6, 6.07) is 1.21. The van der Waals surface area contributed by atoms with Crippen molar-refractivity contribution in [2.75, 3.05) is 11.9 Å². The van der Waals surface area contributed by atoms with E-state index in [9.17, 15) is 18.0 Å². The summed E-state index contributed by atoms with van der Waals surface area (Å²) in [7, 11) is 0. The van der Waals surface area contributed by atoms with Crippen molar-refractivity contribution in [2.24, 2.45) is 0 Å². The molecule has 0 aliphatic carbocycles. The number of rotatable bonds is 5. The number of nitrogens with zero attached hydrogens (tertiary/aromatic N) is 1. The number of hydrogen-bond acceptors (Lipinski definition) is 3. The fraction of sp³-hybridized carbons (Fsp3) is 0.400. The van der Waals surface area contributed by atoms with Crippen LogP contribution in [0, 0.1) is 0 Å². The SMILES string of the molecule is O=C(O)c1ccnc(NCCCC(F)(F)F)c1Cl. The number of hydrogen-bond donors (Lipinski definition) is 2. The van der Waals surface area contributed by atoms with E-state index in [-0.39, 0.29) is 29.4 Å². The van der Waals surface area contributed by atoms with E-state index < -0.39 is 18.6 Å². The van der Waals surface area contributed by atoms with E-state index in [1.54, 1.807) is 0 Å². The van der Waals surface area contributed by atoms with E-state index >= 15 is 0 Å². The molecule has 0 aliphatic rings. The molecule has 0 saturated heterocycles. The molecule has 0 amide bonds. The first-order valence-electron chi connectivity index (χ1n) is 4.99. The molecule has 1 heterocycles. The quantitative estimate of drug-likeness (QED) is 0.814. The number of nitrogens with one attached hydrogen (secondary N) is 1. The first-order chi connectivity index (χ1) is 8.31. The summed E-state index contributed by atoms with van der Waals surface area (Å²) in [6.07, 6.45) is -4.04. The van der Waals surface area contributed by atoms with Crippen molar-refractivity contribution in [1.29, 1.82) is 0 Å². The first-order valence-corrected chi connectivity index (χ1v) is 5.37. The van der Waals surface area contributed by atoms with Crippen molar-refractivity contribution in [1.82, 2.24) is 4.98 Å². The monoisotopic (exact) mass is 282 g/mol. The van der Waals surface area contributed by atoms with Gasteiger partial charge in [-0.3, -0.25) is 0 Å². The Hall–Kier alpha value is -1.50. The molecule has 1 rings (SSSR count). The molecule has 2 N–H and O–H groups in total. The minimum absolute atomic E-state index is 0.00923. The standard InChI is InChI=1S/C10H10ClF3N2O2/c11-7-6(9(17)18)2-5-16-8(7)15-4-1-3-10(12,13)14/h2,5H,1,3-4H2,(H,15,16)(H,17,18). The van der Waals surface area contributed by atoms with Crippen molar-refractivity contribution in [3.8, 4) is 0 Å². The number of pyridine rings is 1. The van der Waals surface area contributed by atoms with Crippen LogP contribution in [0.2, 0.25) is 5.02 Å². The lowest BCUT2D eigenvalue weighted by molar-refractivity contribution is -0.134. The van der Waals surface area contributed by atoms with Crippen LogP contribution in [0.5, 0.6) is 0 Å². The first kappa shape index (κ1) is 14.6. The zero-order chi connectivity index (χ0) is 13.8. The van der Waals surface area contributed by atoms with E-state index in [1.165, 1.54) is 12.3 Å². The Labute approximate surface area is 106 Å². The van der Waals surface area contributed by atoms with Crippen LogP contribution in [0.25, 0.3) is 0 Å². The second-order valence-electron chi connectivity index (χ2n) is 3.47. The van der Waals surface area contributed by atoms with Gasteiger partial charge in [-0.1, -0.05) is 11.6 Å². The molecule has 0 fully saturated rings. The second-order valence-corrected chi connectivity index (χ2v) is 3.85. The van der Waals surface area contributed by atoms with Gasteiger partial charge in [0.25, 0.3) is 0 Å². The number of aromatic nitrogens is 1.